The van der Waals surface area contributed by atoms with Crippen LogP contribution in [0.4, 0.5) is 0 Å². The lowest BCUT2D eigenvalue weighted by Gasteiger charge is -2.25. The number of carbonyl (C=O) groups excluding carboxylic acids is 1. The number of aliphatic imine (C=N–C) groups is 1. The van der Waals surface area contributed by atoms with Crippen molar-refractivity contribution in [3.8, 4) is 0 Å². The van der Waals surface area contributed by atoms with Gasteiger partial charge in [-0.1, -0.05) is 13.8 Å². The zero-order valence-corrected chi connectivity index (χ0v) is 13.4. The van der Waals surface area contributed by atoms with Crippen molar-refractivity contribution in [1.29, 1.82) is 0 Å². The Bertz CT molecular complexity index is 367. The predicted octanol–water partition coefficient (Wildman–Crippen LogP) is -0.435. The quantitative estimate of drug-likeness (QED) is 0.115. The highest BCUT2D eigenvalue weighted by Gasteiger charge is 2.41. The summed E-state index contributed by atoms with van der Waals surface area (Å²) in [5, 5.41) is 12.2. The maximum Gasteiger partial charge on any atom is 0.224 e. The van der Waals surface area contributed by atoms with Gasteiger partial charge in [-0.25, -0.2) is 0 Å². The number of ether oxygens (including phenoxy) is 1. The van der Waals surface area contributed by atoms with Crippen LogP contribution in [0, 0.1) is 11.8 Å². The molecule has 7 N–H and O–H groups in total. The molecular formula is C14H29N5O3. The molecule has 1 amide bonds. The van der Waals surface area contributed by atoms with Gasteiger partial charge in [0, 0.05) is 13.1 Å². The third kappa shape index (κ3) is 7.06. The number of nitrogens with one attached hydrogen (secondary N) is 2. The number of guanidine groups is 1. The van der Waals surface area contributed by atoms with Gasteiger partial charge in [0.2, 0.25) is 5.91 Å². The van der Waals surface area contributed by atoms with Crippen LogP contribution in [0.15, 0.2) is 4.99 Å². The van der Waals surface area contributed by atoms with E-state index in [9.17, 15) is 10.0 Å². The van der Waals surface area contributed by atoms with E-state index in [0.717, 1.165) is 12.8 Å². The van der Waals surface area contributed by atoms with Gasteiger partial charge in [-0.3, -0.25) is 9.79 Å². The largest absolute Gasteiger partial charge is 0.371 e. The highest BCUT2D eigenvalue weighted by Crippen LogP contribution is 2.25. The standard InChI is InChI=1S/C14H29N5O3/c1-9(2)7-10(12(19-21)11-8-22-11)13(20)17-5-3-4-6-18-14(15)16/h9-12,19,21H,3-8H2,1-2H3,(H,17,20)(H4,15,16,18)/t10-,11-,12+/m0/s1. The number of hydrogen-bond donors (Lipinski definition) is 5. The maximum absolute atomic E-state index is 12.4. The normalized spacial score (nSPS) is 19.5. The van der Waals surface area contributed by atoms with Crippen molar-refractivity contribution in [1.82, 2.24) is 10.8 Å². The molecule has 0 saturated carbocycles. The molecule has 0 aromatic carbocycles. The molecular weight excluding hydrogens is 286 g/mol. The highest BCUT2D eigenvalue weighted by atomic mass is 16.6. The van der Waals surface area contributed by atoms with Crippen molar-refractivity contribution in [3.05, 3.63) is 0 Å². The van der Waals surface area contributed by atoms with Gasteiger partial charge in [-0.2, -0.15) is 5.48 Å². The van der Waals surface area contributed by atoms with E-state index in [0.29, 0.717) is 32.0 Å². The number of hydroxylamine groups is 1. The molecule has 1 fully saturated rings. The third-order valence-electron chi connectivity index (χ3n) is 3.58. The number of rotatable bonds is 11. The predicted molar refractivity (Wildman–Crippen MR) is 84.3 cm³/mol. The Kier molecular flexibility index (Phi) is 8.15. The number of amides is 1. The number of carbonyl (C=O) groups is 1. The van der Waals surface area contributed by atoms with E-state index in [1.54, 1.807) is 0 Å². The summed E-state index contributed by atoms with van der Waals surface area (Å²) in [6.07, 6.45) is 2.22. The molecule has 8 nitrogen and oxygen atoms in total. The van der Waals surface area contributed by atoms with Crippen molar-refractivity contribution < 1.29 is 14.7 Å². The molecule has 1 aliphatic rings. The smallest absolute Gasteiger partial charge is 0.224 e. The lowest BCUT2D eigenvalue weighted by molar-refractivity contribution is -0.128. The van der Waals surface area contributed by atoms with E-state index in [1.807, 2.05) is 0 Å². The zero-order valence-electron chi connectivity index (χ0n) is 13.4. The summed E-state index contributed by atoms with van der Waals surface area (Å²) in [4.78, 5) is 16.3. The summed E-state index contributed by atoms with van der Waals surface area (Å²) in [6.45, 7) is 5.81. The second-order valence-corrected chi connectivity index (χ2v) is 6.07. The number of nitrogens with two attached hydrogens (primary N) is 2. The lowest BCUT2D eigenvalue weighted by Crippen LogP contribution is -2.47. The van der Waals surface area contributed by atoms with Crippen LogP contribution < -0.4 is 22.3 Å². The molecule has 0 spiro atoms. The summed E-state index contributed by atoms with van der Waals surface area (Å²) in [5.74, 6) is 0.0716. The minimum Gasteiger partial charge on any atom is -0.371 e. The van der Waals surface area contributed by atoms with Gasteiger partial charge in [0.05, 0.1) is 24.7 Å². The molecule has 0 radical (unpaired) electrons. The van der Waals surface area contributed by atoms with Crippen molar-refractivity contribution in [2.45, 2.75) is 45.3 Å². The number of hydrogen-bond acceptors (Lipinski definition) is 5. The fraction of sp³-hybridized carbons (Fsp3) is 0.857. The molecule has 0 aromatic heterocycles. The first-order valence-corrected chi connectivity index (χ1v) is 7.80. The van der Waals surface area contributed by atoms with Crippen LogP contribution in [0.1, 0.15) is 33.1 Å². The van der Waals surface area contributed by atoms with Crippen LogP contribution in [0.25, 0.3) is 0 Å². The first kappa shape index (κ1) is 18.7. The lowest BCUT2D eigenvalue weighted by atomic mass is 9.88. The minimum atomic E-state index is -0.357. The zero-order chi connectivity index (χ0) is 16.5. The number of unbranched alkanes of at least 4 members (excludes halogenated alkanes) is 1. The minimum absolute atomic E-state index is 0.0578. The summed E-state index contributed by atoms with van der Waals surface area (Å²) in [6, 6.07) is -0.357. The Morgan fingerprint density at radius 1 is 1.41 bits per heavy atom. The first-order chi connectivity index (χ1) is 10.5. The Balaban J connectivity index is 2.38. The third-order valence-corrected chi connectivity index (χ3v) is 3.58. The maximum atomic E-state index is 12.4. The van der Waals surface area contributed by atoms with E-state index in [4.69, 9.17) is 16.2 Å². The average Bonchev–Trinajstić information content (AvgIpc) is 3.26. The monoisotopic (exact) mass is 315 g/mol. The topological polar surface area (TPSA) is 138 Å². The molecule has 3 atom stereocenters. The van der Waals surface area contributed by atoms with Crippen LogP contribution in [-0.2, 0) is 9.53 Å². The fourth-order valence-electron chi connectivity index (χ4n) is 2.41. The summed E-state index contributed by atoms with van der Waals surface area (Å²) >= 11 is 0. The Hall–Kier alpha value is -1.38. The second-order valence-electron chi connectivity index (χ2n) is 6.07. The van der Waals surface area contributed by atoms with E-state index in [1.165, 1.54) is 0 Å². The van der Waals surface area contributed by atoms with Gasteiger partial charge in [0.15, 0.2) is 5.96 Å². The first-order valence-electron chi connectivity index (χ1n) is 7.80. The molecule has 1 heterocycles. The van der Waals surface area contributed by atoms with Crippen LogP contribution in [0.5, 0.6) is 0 Å². The Morgan fingerprint density at radius 3 is 2.59 bits per heavy atom. The summed E-state index contributed by atoms with van der Waals surface area (Å²) in [5.41, 5.74) is 12.7. The van der Waals surface area contributed by atoms with Crippen LogP contribution in [0.3, 0.4) is 0 Å². The SMILES string of the molecule is CC(C)C[C@H](C(=O)NCCCCN=C(N)N)[C@@H](NO)[C@@H]1CO1. The van der Waals surface area contributed by atoms with Crippen molar-refractivity contribution in [2.24, 2.45) is 28.3 Å². The Labute approximate surface area is 131 Å². The van der Waals surface area contributed by atoms with Gasteiger partial charge in [-0.05, 0) is 25.2 Å². The molecule has 22 heavy (non-hydrogen) atoms. The molecule has 1 saturated heterocycles. The molecule has 1 rings (SSSR count). The van der Waals surface area contributed by atoms with Crippen molar-refractivity contribution in [3.63, 3.8) is 0 Å². The molecule has 0 aliphatic carbocycles. The van der Waals surface area contributed by atoms with E-state index in [2.05, 4.69) is 29.6 Å². The second kappa shape index (κ2) is 9.60. The fourth-order valence-corrected chi connectivity index (χ4v) is 2.41. The van der Waals surface area contributed by atoms with Gasteiger partial charge < -0.3 is 26.7 Å². The highest BCUT2D eigenvalue weighted by molar-refractivity contribution is 5.79. The molecule has 128 valence electrons. The van der Waals surface area contributed by atoms with Crippen LogP contribution in [0.2, 0.25) is 0 Å². The van der Waals surface area contributed by atoms with Crippen LogP contribution in [-0.4, -0.2) is 48.9 Å². The van der Waals surface area contributed by atoms with Gasteiger partial charge >= 0.3 is 0 Å². The van der Waals surface area contributed by atoms with Gasteiger partial charge in [0.25, 0.3) is 0 Å². The van der Waals surface area contributed by atoms with E-state index >= 15 is 0 Å². The Morgan fingerprint density at radius 2 is 2.09 bits per heavy atom. The summed E-state index contributed by atoms with van der Waals surface area (Å²) < 4.78 is 5.21. The van der Waals surface area contributed by atoms with Gasteiger partial charge in [0.1, 0.15) is 0 Å². The average molecular weight is 315 g/mol. The summed E-state index contributed by atoms with van der Waals surface area (Å²) in [7, 11) is 0. The number of epoxide rings is 1. The van der Waals surface area contributed by atoms with Crippen molar-refractivity contribution in [2.75, 3.05) is 19.7 Å². The van der Waals surface area contributed by atoms with E-state index < -0.39 is 0 Å². The molecule has 0 bridgehead atoms. The van der Waals surface area contributed by atoms with E-state index in [-0.39, 0.29) is 29.9 Å². The van der Waals surface area contributed by atoms with Crippen LogP contribution >= 0.6 is 0 Å². The number of nitrogens with zero attached hydrogens (tertiary/aromatic N) is 1. The molecule has 8 heteroatoms. The molecule has 0 unspecified atom stereocenters. The van der Waals surface area contributed by atoms with Gasteiger partial charge in [-0.15, -0.1) is 0 Å². The molecule has 1 aliphatic heterocycles. The van der Waals surface area contributed by atoms with Crippen molar-refractivity contribution >= 4 is 11.9 Å². The molecule has 0 aromatic rings.